The molecule has 32 heavy (non-hydrogen) atoms. The average molecular weight is 492 g/mol. The topological polar surface area (TPSA) is 109 Å². The van der Waals surface area contributed by atoms with Crippen molar-refractivity contribution >= 4 is 36.4 Å². The first kappa shape index (κ1) is 21.6. The summed E-state index contributed by atoms with van der Waals surface area (Å²) in [5.41, 5.74) is 2.08. The number of fused-ring (bicyclic) bond motifs is 1. The fourth-order valence-electron chi connectivity index (χ4n) is 3.50. The van der Waals surface area contributed by atoms with E-state index >= 15 is 0 Å². The van der Waals surface area contributed by atoms with Crippen LogP contribution in [0.15, 0.2) is 57.9 Å². The third-order valence-corrected chi connectivity index (χ3v) is 7.13. The van der Waals surface area contributed by atoms with E-state index in [2.05, 4.69) is 16.0 Å². The van der Waals surface area contributed by atoms with Gasteiger partial charge in [-0.15, -0.1) is 0 Å². The molecule has 0 spiro atoms. The summed E-state index contributed by atoms with van der Waals surface area (Å²) in [6, 6.07) is 15.4. The molecule has 0 saturated heterocycles. The van der Waals surface area contributed by atoms with Crippen molar-refractivity contribution in [3.63, 3.8) is 0 Å². The number of aryl methyl sites for hydroxylation is 1. The molecule has 4 rings (SSSR count). The van der Waals surface area contributed by atoms with Gasteiger partial charge in [-0.2, -0.15) is 0 Å². The molecule has 0 saturated carbocycles. The predicted molar refractivity (Wildman–Crippen MR) is 121 cm³/mol. The van der Waals surface area contributed by atoms with Gasteiger partial charge in [0, 0.05) is 0 Å². The van der Waals surface area contributed by atoms with Crippen LogP contribution in [0.5, 0.6) is 0 Å². The second-order valence-electron chi connectivity index (χ2n) is 6.91. The number of aromatic nitrogens is 2. The summed E-state index contributed by atoms with van der Waals surface area (Å²) in [6.45, 7) is 3.54. The third-order valence-electron chi connectivity index (χ3n) is 4.88. The van der Waals surface area contributed by atoms with Gasteiger partial charge in [-0.1, -0.05) is 0 Å². The Kier molecular flexibility index (Phi) is 6.22. The summed E-state index contributed by atoms with van der Waals surface area (Å²) in [4.78, 5) is 33.4. The molecule has 0 fully saturated rings. The minimum atomic E-state index is -0.596. The number of nitriles is 1. The molecule has 0 aliphatic rings. The van der Waals surface area contributed by atoms with Crippen LogP contribution in [-0.2, 0) is 10.1 Å². The Morgan fingerprint density at radius 2 is 2.03 bits per heavy atom. The standard InChI is InChI=1S/C24H19N3O4Se/c1-3-30-24(29)18-14(2)26-21-16(12-25)23(32-13-15-8-5-4-6-9-15)27-22(28)20(21)19(18)17-10-7-11-31-17/h4-11H,3,13H2,1-2H3,(H,27,28). The number of nitrogens with zero attached hydrogens (tertiary/aromatic N) is 2. The van der Waals surface area contributed by atoms with Gasteiger partial charge in [0.15, 0.2) is 0 Å². The Balaban J connectivity index is 1.97. The Hall–Kier alpha value is -3.66. The number of carbonyl (C=O) groups is 1. The first-order chi connectivity index (χ1) is 15.5. The summed E-state index contributed by atoms with van der Waals surface area (Å²) in [5, 5.41) is 10.8. The van der Waals surface area contributed by atoms with E-state index in [9.17, 15) is 14.9 Å². The minimum absolute atomic E-state index is 0.143. The van der Waals surface area contributed by atoms with Crippen molar-refractivity contribution in [2.45, 2.75) is 19.2 Å². The van der Waals surface area contributed by atoms with E-state index < -0.39 is 11.5 Å². The van der Waals surface area contributed by atoms with Gasteiger partial charge < -0.3 is 0 Å². The van der Waals surface area contributed by atoms with Crippen molar-refractivity contribution in [3.05, 3.63) is 81.5 Å². The molecule has 0 aliphatic heterocycles. The van der Waals surface area contributed by atoms with Crippen LogP contribution in [-0.4, -0.2) is 37.5 Å². The van der Waals surface area contributed by atoms with Gasteiger partial charge in [0.1, 0.15) is 0 Å². The molecule has 3 heterocycles. The number of furan rings is 1. The molecule has 0 unspecified atom stereocenters. The van der Waals surface area contributed by atoms with E-state index in [1.54, 1.807) is 26.0 Å². The SMILES string of the molecule is CCOC(=O)c1c(C)nc2c(C#N)c([Se]Cc3ccccc3)[nH]c(=O)c2c1-c1ccco1. The molecule has 0 aliphatic carbocycles. The van der Waals surface area contributed by atoms with Crippen molar-refractivity contribution in [2.75, 3.05) is 6.61 Å². The number of H-pyrrole nitrogens is 1. The number of carbonyl (C=O) groups excluding carboxylic acids is 1. The molecule has 7 nitrogen and oxygen atoms in total. The van der Waals surface area contributed by atoms with E-state index in [4.69, 9.17) is 9.15 Å². The summed E-state index contributed by atoms with van der Waals surface area (Å²) in [6.07, 6.45) is 1.46. The molecule has 0 bridgehead atoms. The Bertz CT molecular complexity index is 1390. The van der Waals surface area contributed by atoms with Crippen LogP contribution < -0.4 is 10.2 Å². The number of pyridine rings is 2. The summed E-state index contributed by atoms with van der Waals surface area (Å²) in [7, 11) is 0. The van der Waals surface area contributed by atoms with Crippen LogP contribution in [0.1, 0.15) is 34.1 Å². The zero-order chi connectivity index (χ0) is 22.7. The van der Waals surface area contributed by atoms with Crippen molar-refractivity contribution in [1.29, 1.82) is 5.26 Å². The fourth-order valence-corrected chi connectivity index (χ4v) is 5.51. The van der Waals surface area contributed by atoms with Crippen molar-refractivity contribution in [1.82, 2.24) is 9.97 Å². The monoisotopic (exact) mass is 493 g/mol. The zero-order valence-electron chi connectivity index (χ0n) is 17.5. The number of rotatable bonds is 6. The van der Waals surface area contributed by atoms with Crippen molar-refractivity contribution < 1.29 is 13.9 Å². The Morgan fingerprint density at radius 1 is 1.25 bits per heavy atom. The second-order valence-corrected chi connectivity index (χ2v) is 8.98. The molecule has 0 radical (unpaired) electrons. The number of hydrogen-bond acceptors (Lipinski definition) is 6. The number of nitrogens with one attached hydrogen (secondary N) is 1. The van der Waals surface area contributed by atoms with E-state index in [0.717, 1.165) is 10.9 Å². The number of ether oxygens (including phenoxy) is 1. The maximum atomic E-state index is 13.3. The third kappa shape index (κ3) is 3.96. The Labute approximate surface area is 190 Å². The van der Waals surface area contributed by atoms with Crippen LogP contribution in [0.2, 0.25) is 0 Å². The molecule has 1 N–H and O–H groups in total. The zero-order valence-corrected chi connectivity index (χ0v) is 19.2. The molecule has 160 valence electrons. The predicted octanol–water partition coefficient (Wildman–Crippen LogP) is 3.07. The normalized spacial score (nSPS) is 10.8. The molecule has 0 amide bonds. The average Bonchev–Trinajstić information content (AvgIpc) is 3.32. The molecule has 4 aromatic rings. The number of aromatic amines is 1. The van der Waals surface area contributed by atoms with Gasteiger partial charge >= 0.3 is 190 Å². The molecule has 8 heteroatoms. The number of hydrogen-bond donors (Lipinski definition) is 1. The first-order valence-electron chi connectivity index (χ1n) is 9.93. The van der Waals surface area contributed by atoms with Gasteiger partial charge in [0.25, 0.3) is 0 Å². The molecule has 0 atom stereocenters. The summed E-state index contributed by atoms with van der Waals surface area (Å²) in [5.74, 6) is -0.262. The maximum absolute atomic E-state index is 13.3. The summed E-state index contributed by atoms with van der Waals surface area (Å²) < 4.78 is 11.3. The second kappa shape index (κ2) is 9.23. The van der Waals surface area contributed by atoms with Crippen LogP contribution in [0, 0.1) is 18.3 Å². The van der Waals surface area contributed by atoms with Crippen molar-refractivity contribution in [3.8, 4) is 17.4 Å². The van der Waals surface area contributed by atoms with E-state index in [-0.39, 0.29) is 43.6 Å². The van der Waals surface area contributed by atoms with Gasteiger partial charge in [-0.3, -0.25) is 0 Å². The Morgan fingerprint density at radius 3 is 2.69 bits per heavy atom. The fraction of sp³-hybridized carbons (Fsp3) is 0.167. The molecular formula is C24H19N3O4Se. The summed E-state index contributed by atoms with van der Waals surface area (Å²) >= 11 is -0.194. The first-order valence-corrected chi connectivity index (χ1v) is 12.0. The van der Waals surface area contributed by atoms with Gasteiger partial charge in [0.2, 0.25) is 0 Å². The number of benzene rings is 1. The molecule has 1 aromatic carbocycles. The van der Waals surface area contributed by atoms with Crippen LogP contribution in [0.3, 0.4) is 0 Å². The van der Waals surface area contributed by atoms with Crippen LogP contribution in [0.4, 0.5) is 0 Å². The van der Waals surface area contributed by atoms with E-state index in [0.29, 0.717) is 21.6 Å². The van der Waals surface area contributed by atoms with E-state index in [1.807, 2.05) is 30.3 Å². The quantitative estimate of drug-likeness (QED) is 0.327. The van der Waals surface area contributed by atoms with Gasteiger partial charge in [0.05, 0.1) is 0 Å². The van der Waals surface area contributed by atoms with Crippen LogP contribution >= 0.6 is 0 Å². The van der Waals surface area contributed by atoms with Crippen molar-refractivity contribution in [2.24, 2.45) is 0 Å². The molecule has 3 aromatic heterocycles. The number of esters is 1. The van der Waals surface area contributed by atoms with Gasteiger partial charge in [-0.05, 0) is 0 Å². The van der Waals surface area contributed by atoms with Gasteiger partial charge in [-0.25, -0.2) is 0 Å². The van der Waals surface area contributed by atoms with Crippen LogP contribution in [0.25, 0.3) is 22.2 Å². The molecular weight excluding hydrogens is 473 g/mol. The van der Waals surface area contributed by atoms with E-state index in [1.165, 1.54) is 6.26 Å².